The zero-order valence-corrected chi connectivity index (χ0v) is 12.3. The molecule has 0 saturated carbocycles. The number of hydrogen-bond donors (Lipinski definition) is 2. The van der Waals surface area contributed by atoms with Gasteiger partial charge in [0.15, 0.2) is 0 Å². The second-order valence-corrected chi connectivity index (χ2v) is 5.99. The molecule has 7 nitrogen and oxygen atoms in total. The first-order valence-corrected chi connectivity index (χ1v) is 7.51. The van der Waals surface area contributed by atoms with Gasteiger partial charge in [-0.2, -0.15) is 0 Å². The lowest BCUT2D eigenvalue weighted by atomic mass is 9.92. The molecular formula is C14H23N3O4. The first-order chi connectivity index (χ1) is 9.91. The van der Waals surface area contributed by atoms with E-state index < -0.39 is 23.8 Å². The molecule has 0 aliphatic carbocycles. The smallest absolute Gasteiger partial charge is 0.320 e. The summed E-state index contributed by atoms with van der Waals surface area (Å²) in [5.74, 6) is -1.66. The molecule has 3 atom stereocenters. The zero-order chi connectivity index (χ0) is 15.6. The van der Waals surface area contributed by atoms with E-state index in [2.05, 4.69) is 0 Å². The predicted molar refractivity (Wildman–Crippen MR) is 75.5 cm³/mol. The largest absolute Gasteiger partial charge is 0.481 e. The molecule has 0 aromatic carbocycles. The van der Waals surface area contributed by atoms with Crippen LogP contribution in [0.4, 0.5) is 4.79 Å². The van der Waals surface area contributed by atoms with Gasteiger partial charge < -0.3 is 20.6 Å². The normalized spacial score (nSPS) is 30.0. The molecule has 3 unspecified atom stereocenters. The third-order valence-electron chi connectivity index (χ3n) is 4.55. The van der Waals surface area contributed by atoms with Gasteiger partial charge in [-0.05, 0) is 39.0 Å². The molecule has 21 heavy (non-hydrogen) atoms. The van der Waals surface area contributed by atoms with E-state index in [4.69, 9.17) is 10.8 Å². The number of aliphatic carboxylic acids is 1. The molecule has 2 saturated heterocycles. The molecule has 2 heterocycles. The van der Waals surface area contributed by atoms with Gasteiger partial charge in [0, 0.05) is 19.1 Å². The Labute approximate surface area is 124 Å². The number of nitrogens with two attached hydrogens (primary N) is 1. The average Bonchev–Trinajstić information content (AvgIpc) is 2.46. The molecular weight excluding hydrogens is 274 g/mol. The summed E-state index contributed by atoms with van der Waals surface area (Å²) in [6, 6.07) is -0.853. The van der Waals surface area contributed by atoms with Gasteiger partial charge in [0.25, 0.3) is 0 Å². The van der Waals surface area contributed by atoms with Crippen molar-refractivity contribution < 1.29 is 19.5 Å². The topological polar surface area (TPSA) is 104 Å². The summed E-state index contributed by atoms with van der Waals surface area (Å²) in [4.78, 5) is 38.4. The Balaban J connectivity index is 2.05. The number of nitrogens with zero attached hydrogens (tertiary/aromatic N) is 2. The Kier molecular flexibility index (Phi) is 4.69. The number of rotatable bonds is 2. The molecule has 2 rings (SSSR count). The minimum absolute atomic E-state index is 0.136. The SMILES string of the molecule is CC1CC(C(=O)O)CCN1C(=O)N1CCCCC1C(N)=O. The highest BCUT2D eigenvalue weighted by Gasteiger charge is 2.38. The number of hydrogen-bond acceptors (Lipinski definition) is 3. The lowest BCUT2D eigenvalue weighted by Crippen LogP contribution is -2.58. The van der Waals surface area contributed by atoms with Crippen molar-refractivity contribution in [2.75, 3.05) is 13.1 Å². The minimum Gasteiger partial charge on any atom is -0.481 e. The molecule has 7 heteroatoms. The van der Waals surface area contributed by atoms with Crippen LogP contribution in [0.3, 0.4) is 0 Å². The number of amides is 3. The Morgan fingerprint density at radius 3 is 2.38 bits per heavy atom. The number of primary amides is 1. The van der Waals surface area contributed by atoms with Gasteiger partial charge in [-0.3, -0.25) is 9.59 Å². The first kappa shape index (κ1) is 15.6. The Morgan fingerprint density at radius 2 is 1.81 bits per heavy atom. The molecule has 118 valence electrons. The van der Waals surface area contributed by atoms with Crippen LogP contribution < -0.4 is 5.73 Å². The van der Waals surface area contributed by atoms with E-state index in [9.17, 15) is 14.4 Å². The highest BCUT2D eigenvalue weighted by Crippen LogP contribution is 2.26. The third-order valence-corrected chi connectivity index (χ3v) is 4.55. The monoisotopic (exact) mass is 297 g/mol. The standard InChI is InChI=1S/C14H23N3O4/c1-9-8-10(13(19)20)5-7-16(9)14(21)17-6-3-2-4-11(17)12(15)18/h9-11H,2-8H2,1H3,(H2,15,18)(H,19,20). The molecule has 2 aliphatic heterocycles. The summed E-state index contributed by atoms with van der Waals surface area (Å²) in [5, 5.41) is 9.07. The van der Waals surface area contributed by atoms with E-state index in [0.717, 1.165) is 12.8 Å². The molecule has 0 bridgehead atoms. The molecule has 0 spiro atoms. The summed E-state index contributed by atoms with van der Waals surface area (Å²) in [5.41, 5.74) is 5.39. The van der Waals surface area contributed by atoms with Gasteiger partial charge >= 0.3 is 12.0 Å². The van der Waals surface area contributed by atoms with Crippen LogP contribution in [0.1, 0.15) is 39.0 Å². The van der Waals surface area contributed by atoms with Gasteiger partial charge in [0.2, 0.25) is 5.91 Å². The maximum atomic E-state index is 12.7. The second-order valence-electron chi connectivity index (χ2n) is 5.99. The summed E-state index contributed by atoms with van der Waals surface area (Å²) in [6.07, 6.45) is 3.29. The average molecular weight is 297 g/mol. The van der Waals surface area contributed by atoms with Crippen molar-refractivity contribution in [3.05, 3.63) is 0 Å². The van der Waals surface area contributed by atoms with Crippen molar-refractivity contribution >= 4 is 17.9 Å². The molecule has 2 aliphatic rings. The third kappa shape index (κ3) is 3.28. The molecule has 3 amide bonds. The Hall–Kier alpha value is -1.79. The summed E-state index contributed by atoms with van der Waals surface area (Å²) < 4.78 is 0. The van der Waals surface area contributed by atoms with Gasteiger partial charge in [-0.1, -0.05) is 0 Å². The highest BCUT2D eigenvalue weighted by molar-refractivity contribution is 5.86. The minimum atomic E-state index is -0.804. The maximum Gasteiger partial charge on any atom is 0.320 e. The number of carbonyl (C=O) groups is 3. The van der Waals surface area contributed by atoms with Crippen LogP contribution in [0.25, 0.3) is 0 Å². The van der Waals surface area contributed by atoms with E-state index in [-0.39, 0.29) is 12.1 Å². The number of likely N-dealkylation sites (tertiary alicyclic amines) is 2. The maximum absolute atomic E-state index is 12.7. The van der Waals surface area contributed by atoms with Crippen LogP contribution in [0.5, 0.6) is 0 Å². The predicted octanol–water partition coefficient (Wildman–Crippen LogP) is 0.631. The van der Waals surface area contributed by atoms with Crippen LogP contribution in [0, 0.1) is 5.92 Å². The number of urea groups is 1. The van der Waals surface area contributed by atoms with E-state index in [1.807, 2.05) is 6.92 Å². The fourth-order valence-electron chi connectivity index (χ4n) is 3.30. The van der Waals surface area contributed by atoms with Crippen LogP contribution in [0.2, 0.25) is 0 Å². The van der Waals surface area contributed by atoms with Crippen LogP contribution in [-0.2, 0) is 9.59 Å². The van der Waals surface area contributed by atoms with Crippen molar-refractivity contribution in [3.63, 3.8) is 0 Å². The van der Waals surface area contributed by atoms with Gasteiger partial charge in [-0.15, -0.1) is 0 Å². The molecule has 2 fully saturated rings. The van der Waals surface area contributed by atoms with Crippen molar-refractivity contribution in [1.82, 2.24) is 9.80 Å². The lowest BCUT2D eigenvalue weighted by Gasteiger charge is -2.42. The molecule has 0 aromatic heterocycles. The quantitative estimate of drug-likeness (QED) is 0.780. The fourth-order valence-corrected chi connectivity index (χ4v) is 3.30. The van der Waals surface area contributed by atoms with Crippen molar-refractivity contribution in [1.29, 1.82) is 0 Å². The molecule has 3 N–H and O–H groups in total. The zero-order valence-electron chi connectivity index (χ0n) is 12.3. The molecule has 0 aromatic rings. The summed E-state index contributed by atoms with van der Waals surface area (Å²) in [6.45, 7) is 2.81. The van der Waals surface area contributed by atoms with Crippen molar-refractivity contribution in [3.8, 4) is 0 Å². The summed E-state index contributed by atoms with van der Waals surface area (Å²) in [7, 11) is 0. The Bertz CT molecular complexity index is 440. The van der Waals surface area contributed by atoms with Gasteiger partial charge in [-0.25, -0.2) is 4.79 Å². The van der Waals surface area contributed by atoms with E-state index in [1.165, 1.54) is 0 Å². The molecule has 0 radical (unpaired) electrons. The van der Waals surface area contributed by atoms with Crippen LogP contribution in [-0.4, -0.2) is 58.0 Å². The van der Waals surface area contributed by atoms with Crippen LogP contribution >= 0.6 is 0 Å². The number of carboxylic acid groups (broad SMARTS) is 1. The van der Waals surface area contributed by atoms with E-state index in [1.54, 1.807) is 9.80 Å². The fraction of sp³-hybridized carbons (Fsp3) is 0.786. The lowest BCUT2D eigenvalue weighted by molar-refractivity contribution is -0.143. The highest BCUT2D eigenvalue weighted by atomic mass is 16.4. The second kappa shape index (κ2) is 6.32. The number of carbonyl (C=O) groups excluding carboxylic acids is 2. The van der Waals surface area contributed by atoms with Gasteiger partial charge in [0.05, 0.1) is 5.92 Å². The van der Waals surface area contributed by atoms with Crippen molar-refractivity contribution in [2.24, 2.45) is 11.7 Å². The van der Waals surface area contributed by atoms with Crippen molar-refractivity contribution in [2.45, 2.75) is 51.1 Å². The summed E-state index contributed by atoms with van der Waals surface area (Å²) >= 11 is 0. The van der Waals surface area contributed by atoms with Gasteiger partial charge in [0.1, 0.15) is 6.04 Å². The van der Waals surface area contributed by atoms with Crippen LogP contribution in [0.15, 0.2) is 0 Å². The van der Waals surface area contributed by atoms with E-state index >= 15 is 0 Å². The first-order valence-electron chi connectivity index (χ1n) is 7.51. The number of piperidine rings is 2. The Morgan fingerprint density at radius 1 is 1.10 bits per heavy atom. The number of carboxylic acids is 1. The van der Waals surface area contributed by atoms with E-state index in [0.29, 0.717) is 32.4 Å².